The zero-order valence-electron chi connectivity index (χ0n) is 11.2. The van der Waals surface area contributed by atoms with E-state index >= 15 is 0 Å². The molecule has 6 heteroatoms. The summed E-state index contributed by atoms with van der Waals surface area (Å²) in [6.07, 6.45) is 1.68. The number of halogens is 3. The number of fused-ring (bicyclic) bond motifs is 1. The van der Waals surface area contributed by atoms with Crippen molar-refractivity contribution in [2.45, 2.75) is 6.42 Å². The van der Waals surface area contributed by atoms with Gasteiger partial charge in [-0.1, -0.05) is 11.6 Å². The molecule has 3 rings (SSSR count). The van der Waals surface area contributed by atoms with Gasteiger partial charge in [0, 0.05) is 21.4 Å². The van der Waals surface area contributed by atoms with Gasteiger partial charge in [-0.3, -0.25) is 14.8 Å². The molecule has 3 aromatic rings. The second kappa shape index (κ2) is 6.10. The molecular weight excluding hydrogens is 371 g/mol. The van der Waals surface area contributed by atoms with Crippen LogP contribution in [0.4, 0.5) is 4.39 Å². The molecule has 0 amide bonds. The standard InChI is InChI=1S/C16H9BrClFN2O/c17-9-5-15-14(20-8-9)4-2-11(21-15)7-16(22)12-6-10(18)1-3-13(12)19/h1-6,8H,7H2. The third-order valence-corrected chi connectivity index (χ3v) is 3.80. The number of pyridine rings is 2. The molecule has 0 saturated carbocycles. The monoisotopic (exact) mass is 378 g/mol. The highest BCUT2D eigenvalue weighted by Crippen LogP contribution is 2.19. The van der Waals surface area contributed by atoms with Gasteiger partial charge in [-0.25, -0.2) is 4.39 Å². The summed E-state index contributed by atoms with van der Waals surface area (Å²) in [4.78, 5) is 20.8. The number of hydrogen-bond acceptors (Lipinski definition) is 3. The Kier molecular flexibility index (Phi) is 4.18. The molecule has 0 bridgehead atoms. The van der Waals surface area contributed by atoms with Gasteiger partial charge in [-0.05, 0) is 52.3 Å². The fourth-order valence-electron chi connectivity index (χ4n) is 2.09. The number of benzene rings is 1. The van der Waals surface area contributed by atoms with Crippen LogP contribution in [0, 0.1) is 5.82 Å². The summed E-state index contributed by atoms with van der Waals surface area (Å²) in [5.41, 5.74) is 1.93. The van der Waals surface area contributed by atoms with Crippen LogP contribution >= 0.6 is 27.5 Å². The van der Waals surface area contributed by atoms with Crippen molar-refractivity contribution in [3.05, 3.63) is 69.2 Å². The molecule has 0 saturated heterocycles. The maximum absolute atomic E-state index is 13.7. The lowest BCUT2D eigenvalue weighted by Gasteiger charge is -2.05. The molecule has 110 valence electrons. The Bertz CT molecular complexity index is 885. The Morgan fingerprint density at radius 1 is 1.18 bits per heavy atom. The van der Waals surface area contributed by atoms with Crippen molar-refractivity contribution in [3.63, 3.8) is 0 Å². The van der Waals surface area contributed by atoms with Crippen molar-refractivity contribution < 1.29 is 9.18 Å². The fraction of sp³-hybridized carbons (Fsp3) is 0.0625. The quantitative estimate of drug-likeness (QED) is 0.624. The van der Waals surface area contributed by atoms with Gasteiger partial charge in [0.25, 0.3) is 0 Å². The lowest BCUT2D eigenvalue weighted by atomic mass is 10.1. The minimum atomic E-state index is -0.584. The molecule has 0 aliphatic carbocycles. The van der Waals surface area contributed by atoms with E-state index < -0.39 is 5.82 Å². The first kappa shape index (κ1) is 15.1. The Hall–Kier alpha value is -1.85. The number of hydrogen-bond donors (Lipinski definition) is 0. The van der Waals surface area contributed by atoms with E-state index in [-0.39, 0.29) is 17.8 Å². The summed E-state index contributed by atoms with van der Waals surface area (Å²) in [6, 6.07) is 9.24. The molecule has 0 atom stereocenters. The Morgan fingerprint density at radius 2 is 2.00 bits per heavy atom. The minimum absolute atomic E-state index is 0.000282. The molecule has 0 unspecified atom stereocenters. The van der Waals surface area contributed by atoms with E-state index in [0.29, 0.717) is 16.2 Å². The van der Waals surface area contributed by atoms with Gasteiger partial charge < -0.3 is 0 Å². The van der Waals surface area contributed by atoms with E-state index in [1.165, 1.54) is 18.2 Å². The molecule has 1 aromatic carbocycles. The van der Waals surface area contributed by atoms with Crippen LogP contribution in [0.2, 0.25) is 5.02 Å². The van der Waals surface area contributed by atoms with E-state index in [0.717, 1.165) is 9.99 Å². The lowest BCUT2D eigenvalue weighted by Crippen LogP contribution is -2.07. The van der Waals surface area contributed by atoms with Crippen molar-refractivity contribution >= 4 is 44.3 Å². The highest BCUT2D eigenvalue weighted by Gasteiger charge is 2.14. The minimum Gasteiger partial charge on any atom is -0.294 e. The predicted molar refractivity (Wildman–Crippen MR) is 86.7 cm³/mol. The van der Waals surface area contributed by atoms with Gasteiger partial charge in [0.15, 0.2) is 5.78 Å². The zero-order valence-corrected chi connectivity index (χ0v) is 13.5. The molecule has 3 nitrogen and oxygen atoms in total. The lowest BCUT2D eigenvalue weighted by molar-refractivity contribution is 0.0988. The molecule has 0 radical (unpaired) electrons. The van der Waals surface area contributed by atoms with Gasteiger partial charge in [0.05, 0.1) is 23.0 Å². The number of carbonyl (C=O) groups is 1. The first-order valence-electron chi connectivity index (χ1n) is 6.42. The highest BCUT2D eigenvalue weighted by molar-refractivity contribution is 9.10. The molecule has 0 aliphatic heterocycles. The van der Waals surface area contributed by atoms with Crippen LogP contribution in [-0.4, -0.2) is 15.8 Å². The molecular formula is C16H9BrClFN2O. The van der Waals surface area contributed by atoms with Gasteiger partial charge in [-0.2, -0.15) is 0 Å². The number of Topliss-reactive ketones (excluding diaryl/α,β-unsaturated/α-hetero) is 1. The third-order valence-electron chi connectivity index (χ3n) is 3.13. The smallest absolute Gasteiger partial charge is 0.171 e. The average molecular weight is 380 g/mol. The largest absolute Gasteiger partial charge is 0.294 e. The van der Waals surface area contributed by atoms with E-state index in [1.807, 2.05) is 6.07 Å². The molecule has 0 fully saturated rings. The number of nitrogens with zero attached hydrogens (tertiary/aromatic N) is 2. The van der Waals surface area contributed by atoms with Crippen molar-refractivity contribution in [1.82, 2.24) is 9.97 Å². The summed E-state index contributed by atoms with van der Waals surface area (Å²) in [5, 5.41) is 0.323. The predicted octanol–water partition coefficient (Wildman–Crippen LogP) is 4.61. The number of carbonyl (C=O) groups excluding carboxylic acids is 1. The fourth-order valence-corrected chi connectivity index (χ4v) is 2.58. The summed E-state index contributed by atoms with van der Waals surface area (Å²) >= 11 is 9.14. The van der Waals surface area contributed by atoms with Crippen molar-refractivity contribution in [2.75, 3.05) is 0 Å². The Balaban J connectivity index is 1.92. The maximum atomic E-state index is 13.7. The van der Waals surface area contributed by atoms with Crippen molar-refractivity contribution in [2.24, 2.45) is 0 Å². The van der Waals surface area contributed by atoms with Gasteiger partial charge in [0.2, 0.25) is 0 Å². The van der Waals surface area contributed by atoms with Crippen LogP contribution < -0.4 is 0 Å². The van der Waals surface area contributed by atoms with Crippen LogP contribution in [0.3, 0.4) is 0 Å². The summed E-state index contributed by atoms with van der Waals surface area (Å²) < 4.78 is 14.5. The van der Waals surface area contributed by atoms with Crippen LogP contribution in [0.15, 0.2) is 47.1 Å². The molecule has 0 aliphatic rings. The topological polar surface area (TPSA) is 42.9 Å². The summed E-state index contributed by atoms with van der Waals surface area (Å²) in [5.74, 6) is -0.950. The van der Waals surface area contributed by atoms with Crippen molar-refractivity contribution in [3.8, 4) is 0 Å². The third kappa shape index (κ3) is 3.15. The summed E-state index contributed by atoms with van der Waals surface area (Å²) in [7, 11) is 0. The highest BCUT2D eigenvalue weighted by atomic mass is 79.9. The molecule has 0 spiro atoms. The van der Waals surface area contributed by atoms with E-state index in [4.69, 9.17) is 11.6 Å². The second-order valence-corrected chi connectivity index (χ2v) is 6.07. The normalized spacial score (nSPS) is 10.9. The van der Waals surface area contributed by atoms with E-state index in [2.05, 4.69) is 25.9 Å². The van der Waals surface area contributed by atoms with Gasteiger partial charge in [-0.15, -0.1) is 0 Å². The average Bonchev–Trinajstić information content (AvgIpc) is 2.49. The van der Waals surface area contributed by atoms with E-state index in [1.54, 1.807) is 18.3 Å². The first-order chi connectivity index (χ1) is 10.5. The molecule has 22 heavy (non-hydrogen) atoms. The van der Waals surface area contributed by atoms with Crippen molar-refractivity contribution in [1.29, 1.82) is 0 Å². The number of aromatic nitrogens is 2. The number of ketones is 1. The second-order valence-electron chi connectivity index (χ2n) is 4.72. The molecule has 0 N–H and O–H groups in total. The van der Waals surface area contributed by atoms with Gasteiger partial charge >= 0.3 is 0 Å². The zero-order chi connectivity index (χ0) is 15.7. The van der Waals surface area contributed by atoms with Gasteiger partial charge in [0.1, 0.15) is 5.82 Å². The van der Waals surface area contributed by atoms with E-state index in [9.17, 15) is 9.18 Å². The Morgan fingerprint density at radius 3 is 2.82 bits per heavy atom. The van der Waals surface area contributed by atoms with Crippen LogP contribution in [0.5, 0.6) is 0 Å². The first-order valence-corrected chi connectivity index (χ1v) is 7.59. The maximum Gasteiger partial charge on any atom is 0.171 e. The number of rotatable bonds is 3. The van der Waals surface area contributed by atoms with Crippen LogP contribution in [0.25, 0.3) is 11.0 Å². The van der Waals surface area contributed by atoms with Crippen LogP contribution in [0.1, 0.15) is 16.1 Å². The van der Waals surface area contributed by atoms with Crippen LogP contribution in [-0.2, 0) is 6.42 Å². The summed E-state index contributed by atoms with van der Waals surface area (Å²) in [6.45, 7) is 0. The molecule has 2 heterocycles. The molecule has 2 aromatic heterocycles. The Labute approximate surface area is 139 Å². The SMILES string of the molecule is O=C(Cc1ccc2ncc(Br)cc2n1)c1cc(Cl)ccc1F.